The number of unbranched alkanes of at least 4 members (excludes halogenated alkanes) is 12. The van der Waals surface area contributed by atoms with Gasteiger partial charge in [0.1, 0.15) is 0 Å². The summed E-state index contributed by atoms with van der Waals surface area (Å²) in [6.45, 7) is 8.33. The van der Waals surface area contributed by atoms with E-state index in [9.17, 15) is 10.2 Å². The van der Waals surface area contributed by atoms with Gasteiger partial charge in [-0.3, -0.25) is 0 Å². The summed E-state index contributed by atoms with van der Waals surface area (Å²) >= 11 is 0. The van der Waals surface area contributed by atoms with Gasteiger partial charge in [0.2, 0.25) is 0 Å². The zero-order chi connectivity index (χ0) is 23.0. The maximum Gasteiger partial charge on any atom is 0.0587 e. The number of hydrogen-bond acceptors (Lipinski definition) is 4. The van der Waals surface area contributed by atoms with Gasteiger partial charge in [0.15, 0.2) is 0 Å². The van der Waals surface area contributed by atoms with Crippen molar-refractivity contribution in [1.29, 1.82) is 0 Å². The van der Waals surface area contributed by atoms with E-state index in [-0.39, 0.29) is 37.3 Å². The molecule has 0 amide bonds. The van der Waals surface area contributed by atoms with Gasteiger partial charge in [0, 0.05) is 25.0 Å². The molecule has 0 bridgehead atoms. The Morgan fingerprint density at radius 2 is 0.933 bits per heavy atom. The highest BCUT2D eigenvalue weighted by Crippen LogP contribution is 2.15. The van der Waals surface area contributed by atoms with Gasteiger partial charge in [-0.05, 0) is 19.8 Å². The average molecular weight is 433 g/mol. The molecule has 184 valence electrons. The van der Waals surface area contributed by atoms with Crippen LogP contribution in [0.2, 0.25) is 0 Å². The van der Waals surface area contributed by atoms with Crippen LogP contribution < -0.4 is 0 Å². The summed E-state index contributed by atoms with van der Waals surface area (Å²) in [4.78, 5) is 0. The van der Waals surface area contributed by atoms with Crippen LogP contribution in [0.25, 0.3) is 0 Å². The Kier molecular flexibility index (Phi) is 26.8. The van der Waals surface area contributed by atoms with Crippen molar-refractivity contribution in [3.05, 3.63) is 0 Å². The first-order valence-corrected chi connectivity index (χ1v) is 13.0. The Hall–Kier alpha value is -0.160. The molecular formula is C26H56O4. The zero-order valence-corrected chi connectivity index (χ0v) is 20.8. The molecule has 4 unspecified atom stereocenters. The second-order valence-electron chi connectivity index (χ2n) is 9.23. The molecule has 4 atom stereocenters. The minimum absolute atomic E-state index is 0.0325. The van der Waals surface area contributed by atoms with Gasteiger partial charge in [-0.1, -0.05) is 111 Å². The third kappa shape index (κ3) is 22.5. The van der Waals surface area contributed by atoms with Crippen molar-refractivity contribution >= 4 is 0 Å². The molecule has 0 aliphatic rings. The van der Waals surface area contributed by atoms with Crippen molar-refractivity contribution in [3.8, 4) is 0 Å². The van der Waals surface area contributed by atoms with Gasteiger partial charge >= 0.3 is 0 Å². The minimum Gasteiger partial charge on any atom is -0.396 e. The lowest BCUT2D eigenvalue weighted by atomic mass is 9.96. The third-order valence-corrected chi connectivity index (χ3v) is 6.14. The summed E-state index contributed by atoms with van der Waals surface area (Å²) < 4.78 is 0. The van der Waals surface area contributed by atoms with Crippen molar-refractivity contribution < 1.29 is 20.4 Å². The SMILES string of the molecule is CCCCCCCCCC(CO)C(C)O.CCCCCCCCCC(O)C(C)CO. The van der Waals surface area contributed by atoms with Gasteiger partial charge in [0.05, 0.1) is 12.2 Å². The fraction of sp³-hybridized carbons (Fsp3) is 1.00. The smallest absolute Gasteiger partial charge is 0.0587 e. The average Bonchev–Trinajstić information content (AvgIpc) is 2.74. The molecule has 4 N–H and O–H groups in total. The molecule has 0 fully saturated rings. The molecule has 0 rings (SSSR count). The summed E-state index contributed by atoms with van der Waals surface area (Å²) in [5, 5.41) is 36.8. The van der Waals surface area contributed by atoms with Crippen molar-refractivity contribution in [2.45, 2.75) is 143 Å². The molecule has 0 aliphatic carbocycles. The van der Waals surface area contributed by atoms with Crippen LogP contribution in [0, 0.1) is 11.8 Å². The molecule has 0 radical (unpaired) electrons. The van der Waals surface area contributed by atoms with Gasteiger partial charge in [-0.2, -0.15) is 0 Å². The van der Waals surface area contributed by atoms with E-state index in [1.807, 2.05) is 6.92 Å². The third-order valence-electron chi connectivity index (χ3n) is 6.14. The minimum atomic E-state index is -0.366. The van der Waals surface area contributed by atoms with Crippen LogP contribution in [0.1, 0.15) is 130 Å². The Balaban J connectivity index is 0. The van der Waals surface area contributed by atoms with E-state index < -0.39 is 0 Å². The van der Waals surface area contributed by atoms with Crippen molar-refractivity contribution in [2.75, 3.05) is 13.2 Å². The highest BCUT2D eigenvalue weighted by atomic mass is 16.3. The lowest BCUT2D eigenvalue weighted by molar-refractivity contribution is 0.0685. The normalized spacial score (nSPS) is 15.2. The van der Waals surface area contributed by atoms with Gasteiger partial charge in [-0.25, -0.2) is 0 Å². The van der Waals surface area contributed by atoms with Crippen molar-refractivity contribution in [2.24, 2.45) is 11.8 Å². The molecule has 0 aromatic carbocycles. The van der Waals surface area contributed by atoms with Gasteiger partial charge in [-0.15, -0.1) is 0 Å². The number of rotatable bonds is 20. The summed E-state index contributed by atoms with van der Waals surface area (Å²) in [5.41, 5.74) is 0. The highest BCUT2D eigenvalue weighted by Gasteiger charge is 2.13. The van der Waals surface area contributed by atoms with E-state index in [1.54, 1.807) is 6.92 Å². The van der Waals surface area contributed by atoms with Crippen LogP contribution in [-0.2, 0) is 0 Å². The number of aliphatic hydroxyl groups excluding tert-OH is 4. The van der Waals surface area contributed by atoms with E-state index in [0.29, 0.717) is 0 Å². The summed E-state index contributed by atoms with van der Waals surface area (Å²) in [5.74, 6) is 0.116. The lowest BCUT2D eigenvalue weighted by Gasteiger charge is -2.16. The highest BCUT2D eigenvalue weighted by molar-refractivity contribution is 4.64. The van der Waals surface area contributed by atoms with Crippen molar-refractivity contribution in [1.82, 2.24) is 0 Å². The first kappa shape index (κ1) is 32.0. The molecule has 0 aliphatic heterocycles. The molecule has 0 saturated carbocycles. The molecule has 0 saturated heterocycles. The van der Waals surface area contributed by atoms with Crippen LogP contribution in [0.3, 0.4) is 0 Å². The maximum atomic E-state index is 9.60. The molecule has 30 heavy (non-hydrogen) atoms. The molecule has 0 aromatic rings. The molecule has 4 heteroatoms. The number of aliphatic hydroxyl groups is 4. The topological polar surface area (TPSA) is 80.9 Å². The molecular weight excluding hydrogens is 376 g/mol. The second-order valence-corrected chi connectivity index (χ2v) is 9.23. The van der Waals surface area contributed by atoms with E-state index >= 15 is 0 Å². The van der Waals surface area contributed by atoms with E-state index in [1.165, 1.54) is 77.0 Å². The van der Waals surface area contributed by atoms with Gasteiger partial charge in [0.25, 0.3) is 0 Å². The molecule has 0 heterocycles. The molecule has 0 spiro atoms. The molecule has 0 aromatic heterocycles. The quantitative estimate of drug-likeness (QED) is 0.172. The fourth-order valence-electron chi connectivity index (χ4n) is 3.57. The van der Waals surface area contributed by atoms with Crippen LogP contribution in [0.15, 0.2) is 0 Å². The Morgan fingerprint density at radius 1 is 0.533 bits per heavy atom. The number of hydrogen-bond donors (Lipinski definition) is 4. The maximum absolute atomic E-state index is 9.60. The Bertz CT molecular complexity index is 309. The summed E-state index contributed by atoms with van der Waals surface area (Å²) in [6, 6.07) is 0. The van der Waals surface area contributed by atoms with E-state index in [0.717, 1.165) is 25.7 Å². The zero-order valence-electron chi connectivity index (χ0n) is 20.8. The Morgan fingerprint density at radius 3 is 1.30 bits per heavy atom. The monoisotopic (exact) mass is 432 g/mol. The van der Waals surface area contributed by atoms with E-state index in [4.69, 9.17) is 10.2 Å². The van der Waals surface area contributed by atoms with Crippen molar-refractivity contribution in [3.63, 3.8) is 0 Å². The standard InChI is InChI=1S/2C13H28O2/c1-3-4-5-6-7-8-9-10-13(11-14)12(2)15;1-3-4-5-6-7-8-9-10-13(15)12(2)11-14/h2*12-15H,3-11H2,1-2H3. The molecule has 4 nitrogen and oxygen atoms in total. The predicted octanol–water partition coefficient (Wildman–Crippen LogP) is 6.23. The lowest BCUT2D eigenvalue weighted by Crippen LogP contribution is -2.20. The van der Waals surface area contributed by atoms with Crippen LogP contribution in [0.4, 0.5) is 0 Å². The summed E-state index contributed by atoms with van der Waals surface area (Å²) in [6.07, 6.45) is 19.1. The largest absolute Gasteiger partial charge is 0.396 e. The van der Waals surface area contributed by atoms with Crippen LogP contribution in [0.5, 0.6) is 0 Å². The van der Waals surface area contributed by atoms with Crippen LogP contribution >= 0.6 is 0 Å². The van der Waals surface area contributed by atoms with Crippen LogP contribution in [-0.4, -0.2) is 45.8 Å². The second kappa shape index (κ2) is 25.1. The summed E-state index contributed by atoms with van der Waals surface area (Å²) in [7, 11) is 0. The van der Waals surface area contributed by atoms with Gasteiger partial charge < -0.3 is 20.4 Å². The van der Waals surface area contributed by atoms with E-state index in [2.05, 4.69) is 13.8 Å². The Labute approximate surface area is 188 Å². The predicted molar refractivity (Wildman–Crippen MR) is 130 cm³/mol. The first-order chi connectivity index (χ1) is 14.4. The first-order valence-electron chi connectivity index (χ1n) is 13.0. The fourth-order valence-corrected chi connectivity index (χ4v) is 3.57.